The molecule has 3 heterocycles. The number of piperidine rings is 1. The van der Waals surface area contributed by atoms with Crippen LogP contribution in [0.1, 0.15) is 12.8 Å². The summed E-state index contributed by atoms with van der Waals surface area (Å²) in [6, 6.07) is 1.87. The lowest BCUT2D eigenvalue weighted by Crippen LogP contribution is -2.43. The molecule has 1 saturated heterocycles. The van der Waals surface area contributed by atoms with Gasteiger partial charge in [-0.3, -0.25) is 14.4 Å². The van der Waals surface area contributed by atoms with Crippen LogP contribution in [0.4, 0.5) is 5.82 Å². The lowest BCUT2D eigenvalue weighted by Gasteiger charge is -2.30. The van der Waals surface area contributed by atoms with Crippen LogP contribution in [-0.2, 0) is 23.1 Å². The highest BCUT2D eigenvalue weighted by molar-refractivity contribution is 8.00. The number of thioether (sulfide) groups is 1. The molecule has 8 nitrogen and oxygen atoms in total. The molecule has 0 radical (unpaired) electrons. The minimum atomic E-state index is -0.156. The Morgan fingerprint density at radius 2 is 2.35 bits per heavy atom. The maximum Gasteiger partial charge on any atom is 0.241 e. The van der Waals surface area contributed by atoms with E-state index >= 15 is 0 Å². The fourth-order valence-electron chi connectivity index (χ4n) is 2.53. The maximum absolute atomic E-state index is 12.8. The minimum Gasteiger partial charge on any atom is -0.383 e. The van der Waals surface area contributed by atoms with Crippen molar-refractivity contribution in [3.63, 3.8) is 0 Å². The summed E-state index contributed by atoms with van der Waals surface area (Å²) in [5.41, 5.74) is 0. The summed E-state index contributed by atoms with van der Waals surface area (Å²) >= 11 is 1.47. The van der Waals surface area contributed by atoms with Crippen LogP contribution >= 0.6 is 11.8 Å². The Morgan fingerprint density at radius 3 is 3.09 bits per heavy atom. The minimum absolute atomic E-state index is 0.0845. The van der Waals surface area contributed by atoms with Gasteiger partial charge in [0.05, 0.1) is 11.9 Å². The number of ether oxygens (including phenoxy) is 1. The van der Waals surface area contributed by atoms with Gasteiger partial charge in [0.2, 0.25) is 5.91 Å². The van der Waals surface area contributed by atoms with Gasteiger partial charge in [0.1, 0.15) is 6.33 Å². The molecular formula is C14H20N6O2S. The molecule has 1 atom stereocenters. The number of hydrogen-bond donors (Lipinski definition) is 0. The van der Waals surface area contributed by atoms with E-state index in [1.54, 1.807) is 23.0 Å². The van der Waals surface area contributed by atoms with Gasteiger partial charge in [-0.15, -0.1) is 10.2 Å². The Balaban J connectivity index is 1.70. The van der Waals surface area contributed by atoms with E-state index in [-0.39, 0.29) is 11.2 Å². The molecule has 1 aliphatic rings. The molecule has 0 spiro atoms. The van der Waals surface area contributed by atoms with Gasteiger partial charge in [0, 0.05) is 39.5 Å². The number of carbonyl (C=O) groups is 1. The van der Waals surface area contributed by atoms with E-state index in [1.165, 1.54) is 11.8 Å². The maximum atomic E-state index is 12.8. The summed E-state index contributed by atoms with van der Waals surface area (Å²) in [4.78, 5) is 14.5. The van der Waals surface area contributed by atoms with Crippen LogP contribution < -0.4 is 4.90 Å². The molecule has 0 saturated carbocycles. The van der Waals surface area contributed by atoms with E-state index in [2.05, 4.69) is 15.3 Å². The molecule has 0 aliphatic carbocycles. The zero-order valence-corrected chi connectivity index (χ0v) is 14.1. The van der Waals surface area contributed by atoms with Gasteiger partial charge in [0.15, 0.2) is 11.0 Å². The van der Waals surface area contributed by atoms with Crippen LogP contribution in [0.15, 0.2) is 23.7 Å². The molecule has 0 unspecified atom stereocenters. The van der Waals surface area contributed by atoms with Gasteiger partial charge in [-0.25, -0.2) is 0 Å². The van der Waals surface area contributed by atoms with Crippen LogP contribution in [0, 0.1) is 0 Å². The summed E-state index contributed by atoms with van der Waals surface area (Å²) < 4.78 is 8.71. The number of rotatable bonds is 6. The summed E-state index contributed by atoms with van der Waals surface area (Å²) in [5, 5.41) is 13.0. The number of amides is 1. The Morgan fingerprint density at radius 1 is 1.48 bits per heavy atom. The average molecular weight is 336 g/mol. The van der Waals surface area contributed by atoms with E-state index < -0.39 is 0 Å². The van der Waals surface area contributed by atoms with Gasteiger partial charge >= 0.3 is 0 Å². The normalized spacial score (nSPS) is 18.6. The first kappa shape index (κ1) is 16.0. The van der Waals surface area contributed by atoms with E-state index in [9.17, 15) is 4.79 Å². The number of aromatic nitrogens is 5. The molecule has 124 valence electrons. The molecule has 1 fully saturated rings. The van der Waals surface area contributed by atoms with Crippen molar-refractivity contribution in [1.29, 1.82) is 0 Å². The average Bonchev–Trinajstić information content (AvgIpc) is 3.16. The van der Waals surface area contributed by atoms with E-state index in [0.29, 0.717) is 25.5 Å². The third kappa shape index (κ3) is 3.56. The van der Waals surface area contributed by atoms with Crippen molar-refractivity contribution in [3.05, 3.63) is 18.6 Å². The van der Waals surface area contributed by atoms with E-state index in [4.69, 9.17) is 4.74 Å². The topological polar surface area (TPSA) is 78.1 Å². The predicted molar refractivity (Wildman–Crippen MR) is 86.3 cm³/mol. The number of methoxy groups -OCH3 is 1. The largest absolute Gasteiger partial charge is 0.383 e. The van der Waals surface area contributed by atoms with Gasteiger partial charge in [0.25, 0.3) is 0 Å². The Bertz CT molecular complexity index is 670. The van der Waals surface area contributed by atoms with Gasteiger partial charge in [-0.2, -0.15) is 5.10 Å². The van der Waals surface area contributed by atoms with Crippen molar-refractivity contribution in [3.8, 4) is 0 Å². The fourth-order valence-corrected chi connectivity index (χ4v) is 3.67. The zero-order chi connectivity index (χ0) is 16.2. The molecule has 2 aromatic heterocycles. The third-order valence-electron chi connectivity index (χ3n) is 3.73. The Kier molecular flexibility index (Phi) is 4.97. The highest BCUT2D eigenvalue weighted by atomic mass is 32.2. The van der Waals surface area contributed by atoms with Gasteiger partial charge < -0.3 is 9.30 Å². The zero-order valence-electron chi connectivity index (χ0n) is 13.3. The van der Waals surface area contributed by atoms with Crippen molar-refractivity contribution >= 4 is 23.5 Å². The lowest BCUT2D eigenvalue weighted by atomic mass is 10.1. The molecule has 0 N–H and O–H groups in total. The standard InChI is InChI=1S/C14H20N6O2S/c1-18-7-5-12(17-18)20-6-3-4-11(13(20)21)23-14-16-15-10-19(14)8-9-22-2/h5,7,10-11H,3-4,6,8-9H2,1-2H3/t11-/m1/s1. The molecule has 1 amide bonds. The Labute approximate surface area is 138 Å². The number of nitrogens with zero attached hydrogens (tertiary/aromatic N) is 6. The number of anilines is 1. The van der Waals surface area contributed by atoms with Crippen LogP contribution in [0.3, 0.4) is 0 Å². The quantitative estimate of drug-likeness (QED) is 0.781. The molecule has 0 bridgehead atoms. The predicted octanol–water partition coefficient (Wildman–Crippen LogP) is 0.946. The second-order valence-corrected chi connectivity index (χ2v) is 6.56. The lowest BCUT2D eigenvalue weighted by molar-refractivity contribution is -0.119. The van der Waals surface area contributed by atoms with Crippen molar-refractivity contribution in [2.45, 2.75) is 29.8 Å². The first-order chi connectivity index (χ1) is 11.2. The summed E-state index contributed by atoms with van der Waals surface area (Å²) in [5.74, 6) is 0.796. The van der Waals surface area contributed by atoms with Crippen LogP contribution in [0.2, 0.25) is 0 Å². The highest BCUT2D eigenvalue weighted by Crippen LogP contribution is 2.30. The van der Waals surface area contributed by atoms with E-state index in [0.717, 1.165) is 18.0 Å². The van der Waals surface area contributed by atoms with Crippen molar-refractivity contribution in [1.82, 2.24) is 24.5 Å². The van der Waals surface area contributed by atoms with Crippen molar-refractivity contribution in [2.75, 3.05) is 25.2 Å². The number of carbonyl (C=O) groups excluding carboxylic acids is 1. The monoisotopic (exact) mass is 336 g/mol. The third-order valence-corrected chi connectivity index (χ3v) is 4.98. The van der Waals surface area contributed by atoms with Crippen molar-refractivity contribution in [2.24, 2.45) is 7.05 Å². The first-order valence-electron chi connectivity index (χ1n) is 7.53. The summed E-state index contributed by atoms with van der Waals surface area (Å²) in [6.45, 7) is 1.98. The van der Waals surface area contributed by atoms with Crippen molar-refractivity contribution < 1.29 is 9.53 Å². The molecule has 1 aliphatic heterocycles. The van der Waals surface area contributed by atoms with Crippen LogP contribution in [0.5, 0.6) is 0 Å². The SMILES string of the molecule is COCCn1cnnc1S[C@@H]1CCCN(c2ccn(C)n2)C1=O. The van der Waals surface area contributed by atoms with Crippen LogP contribution in [0.25, 0.3) is 0 Å². The smallest absolute Gasteiger partial charge is 0.241 e. The van der Waals surface area contributed by atoms with Crippen LogP contribution in [-0.4, -0.2) is 56.0 Å². The number of aryl methyl sites for hydroxylation is 1. The van der Waals surface area contributed by atoms with E-state index in [1.807, 2.05) is 23.9 Å². The fraction of sp³-hybridized carbons (Fsp3) is 0.571. The summed E-state index contributed by atoms with van der Waals surface area (Å²) in [6.07, 6.45) is 5.31. The molecular weight excluding hydrogens is 316 g/mol. The molecule has 3 rings (SSSR count). The van der Waals surface area contributed by atoms with Gasteiger partial charge in [-0.1, -0.05) is 11.8 Å². The second kappa shape index (κ2) is 7.14. The molecule has 2 aromatic rings. The summed E-state index contributed by atoms with van der Waals surface area (Å²) in [7, 11) is 3.51. The number of hydrogen-bond acceptors (Lipinski definition) is 6. The second-order valence-electron chi connectivity index (χ2n) is 5.39. The molecule has 23 heavy (non-hydrogen) atoms. The highest BCUT2D eigenvalue weighted by Gasteiger charge is 2.32. The molecule has 9 heteroatoms. The molecule has 0 aromatic carbocycles. The first-order valence-corrected chi connectivity index (χ1v) is 8.41. The van der Waals surface area contributed by atoms with Gasteiger partial charge in [-0.05, 0) is 12.8 Å². The Hall–Kier alpha value is -1.87.